The highest BCUT2D eigenvalue weighted by Crippen LogP contribution is 2.52. The van der Waals surface area contributed by atoms with E-state index in [9.17, 15) is 0 Å². The summed E-state index contributed by atoms with van der Waals surface area (Å²) in [5.74, 6) is 1.41. The third-order valence-electron chi connectivity index (χ3n) is 16.9. The fourth-order valence-electron chi connectivity index (χ4n) is 11.8. The molecule has 9 aromatic rings. The lowest BCUT2D eigenvalue weighted by molar-refractivity contribution is 0.143. The molecule has 0 aromatic heterocycles. The molecule has 2 saturated heterocycles. The van der Waals surface area contributed by atoms with Gasteiger partial charge in [0.1, 0.15) is 0 Å². The van der Waals surface area contributed by atoms with Crippen LogP contribution in [-0.2, 0) is 40.3 Å². The second-order valence-corrected chi connectivity index (χ2v) is 27.4. The average molecular weight is 1110 g/mol. The van der Waals surface area contributed by atoms with E-state index >= 15 is 0 Å². The predicted octanol–water partition coefficient (Wildman–Crippen LogP) is 18.7. The molecule has 84 heavy (non-hydrogen) atoms. The van der Waals surface area contributed by atoms with Crippen LogP contribution < -0.4 is 20.6 Å². The molecule has 0 unspecified atom stereocenters. The number of anilines is 3. The van der Waals surface area contributed by atoms with E-state index in [0.29, 0.717) is 37.9 Å². The van der Waals surface area contributed by atoms with Gasteiger partial charge in [0.25, 0.3) is 0 Å². The fraction of sp³-hybridized carbons (Fsp3) is 0.289. The summed E-state index contributed by atoms with van der Waals surface area (Å²) in [5, 5.41) is 0. The summed E-state index contributed by atoms with van der Waals surface area (Å²) >= 11 is 0. The second kappa shape index (κ2) is 22.5. The Balaban J connectivity index is 1.11. The van der Waals surface area contributed by atoms with Gasteiger partial charge in [0.05, 0.1) is 11.4 Å². The molecule has 424 valence electrons. The van der Waals surface area contributed by atoms with Crippen molar-refractivity contribution in [2.24, 2.45) is 0 Å². The summed E-state index contributed by atoms with van der Waals surface area (Å²) in [6.07, 6.45) is 1.72. The lowest BCUT2D eigenvalue weighted by Crippen LogP contribution is -2.41. The number of nitrogens with zero attached hydrogens (tertiary/aromatic N) is 1. The molecule has 9 aromatic carbocycles. The first-order valence-electron chi connectivity index (χ1n) is 30.2. The van der Waals surface area contributed by atoms with Crippen LogP contribution in [0.25, 0.3) is 66.8 Å². The Kier molecular flexibility index (Phi) is 15.3. The molecule has 2 fully saturated rings. The lowest BCUT2D eigenvalue weighted by atomic mass is 9.77. The maximum absolute atomic E-state index is 7.03. The molecule has 0 atom stereocenters. The van der Waals surface area contributed by atoms with Gasteiger partial charge in [-0.1, -0.05) is 192 Å². The van der Waals surface area contributed by atoms with Crippen molar-refractivity contribution in [3.8, 4) is 78.3 Å². The van der Waals surface area contributed by atoms with Gasteiger partial charge in [-0.2, -0.15) is 0 Å². The highest BCUT2D eigenvalue weighted by atomic mass is 16.6. The summed E-state index contributed by atoms with van der Waals surface area (Å²) in [5.41, 5.74) is 23.6. The van der Waals surface area contributed by atoms with E-state index in [4.69, 9.17) is 23.4 Å². The van der Waals surface area contributed by atoms with Crippen LogP contribution in [-0.4, -0.2) is 40.7 Å². The number of fused-ring (bicyclic) bond motifs is 2. The van der Waals surface area contributed by atoms with Crippen molar-refractivity contribution in [1.29, 1.82) is 0 Å². The Morgan fingerprint density at radius 2 is 0.536 bits per heavy atom. The van der Waals surface area contributed by atoms with E-state index in [1.807, 2.05) is 0 Å². The lowest BCUT2D eigenvalue weighted by Gasteiger charge is -2.34. The molecule has 0 saturated carbocycles. The van der Waals surface area contributed by atoms with Gasteiger partial charge in [0.15, 0.2) is 11.5 Å². The van der Waals surface area contributed by atoms with Gasteiger partial charge in [0, 0.05) is 32.1 Å². The molecule has 3 aliphatic rings. The van der Waals surface area contributed by atoms with E-state index in [1.54, 1.807) is 0 Å². The zero-order valence-corrected chi connectivity index (χ0v) is 51.3. The minimum absolute atomic E-state index is 0.0226. The van der Waals surface area contributed by atoms with E-state index < -0.39 is 14.2 Å². The first-order valence-corrected chi connectivity index (χ1v) is 30.2. The van der Waals surface area contributed by atoms with Gasteiger partial charge in [-0.05, 0) is 213 Å². The Hall–Kier alpha value is -7.45. The molecular formula is C76H79B2NO5. The summed E-state index contributed by atoms with van der Waals surface area (Å²) < 4.78 is 31.8. The topological polar surface area (TPSA) is 49.4 Å². The number of benzene rings is 9. The second-order valence-electron chi connectivity index (χ2n) is 27.4. The molecule has 3 aliphatic heterocycles. The van der Waals surface area contributed by atoms with Gasteiger partial charge >= 0.3 is 14.2 Å². The normalized spacial score (nSPS) is 14.9. The maximum atomic E-state index is 7.03. The maximum Gasteiger partial charge on any atom is 0.493 e. The first kappa shape index (κ1) is 57.0. The van der Waals surface area contributed by atoms with Crippen molar-refractivity contribution in [2.45, 2.75) is 118 Å². The Bertz CT molecular complexity index is 3450. The van der Waals surface area contributed by atoms with Gasteiger partial charge < -0.3 is 28.3 Å². The molecule has 0 bridgehead atoms. The molecule has 0 N–H and O–H groups in total. The van der Waals surface area contributed by atoms with E-state index in [0.717, 1.165) is 85.3 Å². The fourth-order valence-corrected chi connectivity index (χ4v) is 11.8. The molecule has 6 nitrogen and oxygen atoms in total. The zero-order valence-electron chi connectivity index (χ0n) is 51.3. The third kappa shape index (κ3) is 12.1. The molecular weight excluding hydrogens is 1030 g/mol. The highest BCUT2D eigenvalue weighted by molar-refractivity contribution is 6.62. The summed E-state index contributed by atoms with van der Waals surface area (Å²) in [6.45, 7) is 29.9. The molecule has 12 rings (SSSR count). The monoisotopic (exact) mass is 1110 g/mol. The van der Waals surface area contributed by atoms with Crippen molar-refractivity contribution in [3.63, 3.8) is 0 Å². The minimum Gasteiger partial charge on any atom is -0.453 e. The van der Waals surface area contributed by atoms with Crippen LogP contribution in [0.5, 0.6) is 11.5 Å². The van der Waals surface area contributed by atoms with E-state index in [2.05, 4.69) is 276 Å². The standard InChI is InChI=1S/C76H79B2NO5/c1-73(2,3)62-23-15-50(16-24-62)54-39-55(51-17-25-63(26-18-51)74(4,5)6)42-58(41-54)60-45-61(59-43-56(52-19-27-64(28-20-52)75(7,8)9)40-57(44-59)53-21-29-65(30-22-53)76(10,11)12)47-68(46-60)79-69-33-31-66(77-80-35-13-36-81-77)48-71(69)84-72-49-67(32-34-70(72)79)78-82-37-14-38-83-78/h15-34,39-49H,13-14,35-38H2,1-12H3. The predicted molar refractivity (Wildman–Crippen MR) is 352 cm³/mol. The molecule has 0 spiro atoms. The molecule has 8 heteroatoms. The highest BCUT2D eigenvalue weighted by Gasteiger charge is 2.34. The summed E-state index contributed by atoms with van der Waals surface area (Å²) in [4.78, 5) is 2.36. The number of ether oxygens (including phenoxy) is 1. The molecule has 0 aliphatic carbocycles. The molecule has 3 heterocycles. The van der Waals surface area contributed by atoms with Crippen molar-refractivity contribution < 1.29 is 23.4 Å². The van der Waals surface area contributed by atoms with Crippen molar-refractivity contribution >= 4 is 42.2 Å². The zero-order chi connectivity index (χ0) is 58.7. The van der Waals surface area contributed by atoms with Gasteiger partial charge in [0.2, 0.25) is 0 Å². The van der Waals surface area contributed by atoms with Crippen LogP contribution in [0.1, 0.15) is 118 Å². The molecule has 0 radical (unpaired) electrons. The number of hydrogen-bond donors (Lipinski definition) is 0. The third-order valence-corrected chi connectivity index (χ3v) is 16.9. The Morgan fingerprint density at radius 1 is 0.286 bits per heavy atom. The van der Waals surface area contributed by atoms with E-state index in [1.165, 1.54) is 44.5 Å². The Morgan fingerprint density at radius 3 is 0.798 bits per heavy atom. The smallest absolute Gasteiger partial charge is 0.453 e. The van der Waals surface area contributed by atoms with Crippen molar-refractivity contribution in [3.05, 3.63) is 210 Å². The van der Waals surface area contributed by atoms with Gasteiger partial charge in [-0.15, -0.1) is 0 Å². The number of hydrogen-bond acceptors (Lipinski definition) is 6. The van der Waals surface area contributed by atoms with Crippen molar-refractivity contribution in [1.82, 2.24) is 0 Å². The Labute approximate surface area is 500 Å². The average Bonchev–Trinajstić information content (AvgIpc) is 1.81. The van der Waals surface area contributed by atoms with Crippen LogP contribution in [0.15, 0.2) is 188 Å². The van der Waals surface area contributed by atoms with Crippen LogP contribution in [0, 0.1) is 0 Å². The molecule has 0 amide bonds. The van der Waals surface area contributed by atoms with Crippen LogP contribution in [0.3, 0.4) is 0 Å². The summed E-state index contributed by atoms with van der Waals surface area (Å²) in [7, 11) is -0.973. The van der Waals surface area contributed by atoms with Crippen LogP contribution >= 0.6 is 0 Å². The SMILES string of the molecule is CC(C)(C)c1ccc(-c2cc(-c3ccc(C(C)(C)C)cc3)cc(-c3cc(-c4cc(-c5ccc(C(C)(C)C)cc5)cc(-c5ccc(C(C)(C)C)cc5)c4)cc(N4c5ccc(B6OCCCO6)cc5Oc5cc(B6OCCCO6)ccc54)c3)c2)cc1. The number of rotatable bonds is 9. The van der Waals surface area contributed by atoms with Crippen LogP contribution in [0.2, 0.25) is 0 Å². The first-order chi connectivity index (χ1) is 40.1. The van der Waals surface area contributed by atoms with Gasteiger partial charge in [-0.3, -0.25) is 0 Å². The largest absolute Gasteiger partial charge is 0.493 e. The van der Waals surface area contributed by atoms with E-state index in [-0.39, 0.29) is 21.7 Å². The quantitative estimate of drug-likeness (QED) is 0.134. The summed E-state index contributed by atoms with van der Waals surface area (Å²) in [6, 6.07) is 70.8. The minimum atomic E-state index is -0.487. The van der Waals surface area contributed by atoms with Crippen molar-refractivity contribution in [2.75, 3.05) is 31.3 Å². The van der Waals surface area contributed by atoms with Crippen LogP contribution in [0.4, 0.5) is 17.1 Å². The van der Waals surface area contributed by atoms with Gasteiger partial charge in [-0.25, -0.2) is 0 Å².